The van der Waals surface area contributed by atoms with Crippen molar-refractivity contribution in [2.75, 3.05) is 0 Å². The molecule has 1 saturated carbocycles. The summed E-state index contributed by atoms with van der Waals surface area (Å²) in [5.41, 5.74) is 5.63. The molecular weight excluding hydrogens is 205 g/mol. The maximum Gasteiger partial charge on any atom is 2.00 e. The van der Waals surface area contributed by atoms with Crippen molar-refractivity contribution in [1.82, 2.24) is 0 Å². The predicted molar refractivity (Wildman–Crippen MR) is 31.1 cm³/mol. The average molecular weight is 218 g/mol. The standard InChI is InChI=1S/C6H13N.2ClH.Ti/c7-6-4-2-1-3-5-6;;;/h6H,1-5,7H2;2*1H;/q;;;+2/p-2. The van der Waals surface area contributed by atoms with Gasteiger partial charge < -0.3 is 30.5 Å². The van der Waals surface area contributed by atoms with Crippen LogP contribution >= 0.6 is 0 Å². The summed E-state index contributed by atoms with van der Waals surface area (Å²) in [7, 11) is 0. The van der Waals surface area contributed by atoms with Crippen LogP contribution in [0.15, 0.2) is 0 Å². The summed E-state index contributed by atoms with van der Waals surface area (Å²) in [6.07, 6.45) is 6.66. The van der Waals surface area contributed by atoms with Crippen molar-refractivity contribution in [3.8, 4) is 0 Å². The van der Waals surface area contributed by atoms with E-state index >= 15 is 0 Å². The van der Waals surface area contributed by atoms with Gasteiger partial charge in [0.1, 0.15) is 0 Å². The van der Waals surface area contributed by atoms with E-state index in [4.69, 9.17) is 5.73 Å². The summed E-state index contributed by atoms with van der Waals surface area (Å²) in [5.74, 6) is 0. The number of nitrogens with two attached hydrogens (primary N) is 1. The van der Waals surface area contributed by atoms with Gasteiger partial charge in [-0.15, -0.1) is 0 Å². The molecule has 1 nitrogen and oxygen atoms in total. The van der Waals surface area contributed by atoms with Gasteiger partial charge in [-0.3, -0.25) is 0 Å². The fourth-order valence-electron chi connectivity index (χ4n) is 1.13. The van der Waals surface area contributed by atoms with Crippen molar-refractivity contribution in [2.24, 2.45) is 5.73 Å². The number of rotatable bonds is 0. The first kappa shape index (κ1) is 17.4. The van der Waals surface area contributed by atoms with Crippen LogP contribution in [0.1, 0.15) is 32.1 Å². The Bertz CT molecular complexity index is 57.7. The summed E-state index contributed by atoms with van der Waals surface area (Å²) < 4.78 is 0. The molecule has 0 aromatic heterocycles. The van der Waals surface area contributed by atoms with E-state index in [0.29, 0.717) is 6.04 Å². The van der Waals surface area contributed by atoms with Crippen LogP contribution in [0.5, 0.6) is 0 Å². The Hall–Kier alpha value is 1.25. The first-order chi connectivity index (χ1) is 3.39. The number of hydrogen-bond acceptors (Lipinski definition) is 1. The minimum absolute atomic E-state index is 0. The van der Waals surface area contributed by atoms with E-state index in [1.165, 1.54) is 32.1 Å². The predicted octanol–water partition coefficient (Wildman–Crippen LogP) is -4.72. The molecule has 2 N–H and O–H groups in total. The van der Waals surface area contributed by atoms with Gasteiger partial charge in [-0.2, -0.15) is 0 Å². The second kappa shape index (κ2) is 10.3. The Morgan fingerprint density at radius 1 is 0.900 bits per heavy atom. The molecule has 10 heavy (non-hydrogen) atoms. The molecule has 0 radical (unpaired) electrons. The second-order valence-corrected chi connectivity index (χ2v) is 2.40. The normalized spacial score (nSPS) is 17.7. The van der Waals surface area contributed by atoms with Crippen LogP contribution in [-0.4, -0.2) is 6.04 Å². The van der Waals surface area contributed by atoms with E-state index in [2.05, 4.69) is 0 Å². The van der Waals surface area contributed by atoms with Crippen molar-refractivity contribution in [1.29, 1.82) is 0 Å². The summed E-state index contributed by atoms with van der Waals surface area (Å²) in [4.78, 5) is 0. The van der Waals surface area contributed by atoms with Gasteiger partial charge in [0, 0.05) is 6.04 Å². The molecule has 0 unspecified atom stereocenters. The molecule has 1 aliphatic rings. The van der Waals surface area contributed by atoms with Crippen LogP contribution < -0.4 is 30.5 Å². The van der Waals surface area contributed by atoms with Crippen molar-refractivity contribution in [2.45, 2.75) is 38.1 Å². The summed E-state index contributed by atoms with van der Waals surface area (Å²) in [6.45, 7) is 0. The molecule has 0 aliphatic heterocycles. The van der Waals surface area contributed by atoms with E-state index in [9.17, 15) is 0 Å². The summed E-state index contributed by atoms with van der Waals surface area (Å²) in [6, 6.07) is 0.536. The maximum absolute atomic E-state index is 5.63. The van der Waals surface area contributed by atoms with Crippen LogP contribution in [0.2, 0.25) is 0 Å². The Kier molecular flexibility index (Phi) is 17.8. The molecule has 1 aliphatic carbocycles. The SMILES string of the molecule is NC1CCCCC1.[Cl-].[Cl-].[Ti+2]. The maximum atomic E-state index is 5.63. The first-order valence-corrected chi connectivity index (χ1v) is 3.15. The summed E-state index contributed by atoms with van der Waals surface area (Å²) in [5, 5.41) is 0. The van der Waals surface area contributed by atoms with E-state index in [1.54, 1.807) is 0 Å². The molecular formula is C6H13Cl2NTi. The first-order valence-electron chi connectivity index (χ1n) is 3.15. The Morgan fingerprint density at radius 2 is 1.30 bits per heavy atom. The van der Waals surface area contributed by atoms with Crippen LogP contribution in [0, 0.1) is 0 Å². The Labute approximate surface area is 90.2 Å². The molecule has 0 aromatic carbocycles. The second-order valence-electron chi connectivity index (χ2n) is 2.40. The van der Waals surface area contributed by atoms with Crippen LogP contribution in [0.4, 0.5) is 0 Å². The Morgan fingerprint density at radius 3 is 1.50 bits per heavy atom. The third-order valence-electron chi connectivity index (χ3n) is 1.65. The molecule has 0 amide bonds. The van der Waals surface area contributed by atoms with Gasteiger partial charge in [0.2, 0.25) is 0 Å². The molecule has 0 heterocycles. The van der Waals surface area contributed by atoms with Crippen molar-refractivity contribution >= 4 is 0 Å². The van der Waals surface area contributed by atoms with Gasteiger partial charge in [-0.05, 0) is 12.8 Å². The molecule has 0 saturated heterocycles. The minimum atomic E-state index is 0. The molecule has 0 bridgehead atoms. The molecule has 1 fully saturated rings. The van der Waals surface area contributed by atoms with Crippen LogP contribution in [0.25, 0.3) is 0 Å². The average Bonchev–Trinajstić information content (AvgIpc) is 1.69. The van der Waals surface area contributed by atoms with E-state index < -0.39 is 0 Å². The van der Waals surface area contributed by atoms with Gasteiger partial charge in [0.15, 0.2) is 0 Å². The fourth-order valence-corrected chi connectivity index (χ4v) is 1.13. The topological polar surface area (TPSA) is 26.0 Å². The molecule has 60 valence electrons. The Balaban J connectivity index is -0.000000163. The van der Waals surface area contributed by atoms with Gasteiger partial charge in [-0.1, -0.05) is 19.3 Å². The molecule has 4 heteroatoms. The summed E-state index contributed by atoms with van der Waals surface area (Å²) >= 11 is 0. The van der Waals surface area contributed by atoms with E-state index in [-0.39, 0.29) is 46.5 Å². The van der Waals surface area contributed by atoms with Gasteiger partial charge >= 0.3 is 21.7 Å². The number of hydrogen-bond donors (Lipinski definition) is 1. The zero-order valence-electron chi connectivity index (χ0n) is 5.95. The van der Waals surface area contributed by atoms with Gasteiger partial charge in [0.25, 0.3) is 0 Å². The monoisotopic (exact) mass is 217 g/mol. The van der Waals surface area contributed by atoms with Crippen molar-refractivity contribution in [3.05, 3.63) is 0 Å². The largest absolute Gasteiger partial charge is 2.00 e. The van der Waals surface area contributed by atoms with Crippen LogP contribution in [0.3, 0.4) is 0 Å². The van der Waals surface area contributed by atoms with Gasteiger partial charge in [-0.25, -0.2) is 0 Å². The zero-order chi connectivity index (χ0) is 5.11. The quantitative estimate of drug-likeness (QED) is 0.406. The third kappa shape index (κ3) is 7.36. The van der Waals surface area contributed by atoms with Crippen molar-refractivity contribution in [3.63, 3.8) is 0 Å². The minimum Gasteiger partial charge on any atom is -1.00 e. The third-order valence-corrected chi connectivity index (χ3v) is 1.65. The molecule has 0 atom stereocenters. The molecule has 0 aromatic rings. The molecule has 0 spiro atoms. The number of halogens is 2. The zero-order valence-corrected chi connectivity index (χ0v) is 9.02. The molecule has 1 rings (SSSR count). The smallest absolute Gasteiger partial charge is 1.00 e. The fraction of sp³-hybridized carbons (Fsp3) is 1.00. The van der Waals surface area contributed by atoms with Crippen molar-refractivity contribution < 1.29 is 46.5 Å². The van der Waals surface area contributed by atoms with E-state index in [1.807, 2.05) is 0 Å². The van der Waals surface area contributed by atoms with E-state index in [0.717, 1.165) is 0 Å². The van der Waals surface area contributed by atoms with Crippen LogP contribution in [-0.2, 0) is 21.7 Å². The van der Waals surface area contributed by atoms with Gasteiger partial charge in [0.05, 0.1) is 0 Å².